The molecule has 1 amide bonds. The summed E-state index contributed by atoms with van der Waals surface area (Å²) in [7, 11) is 1.59. The number of amides is 1. The molecule has 142 valence electrons. The normalized spacial score (nSPS) is 15.3. The first-order valence-electron chi connectivity index (χ1n) is 8.95. The van der Waals surface area contributed by atoms with E-state index in [4.69, 9.17) is 4.74 Å². The van der Waals surface area contributed by atoms with Gasteiger partial charge >= 0.3 is 0 Å². The summed E-state index contributed by atoms with van der Waals surface area (Å²) >= 11 is 0. The molecular weight excluding hydrogens is 346 g/mol. The number of morpholine rings is 1. The predicted molar refractivity (Wildman–Crippen MR) is 103 cm³/mol. The van der Waals surface area contributed by atoms with E-state index in [2.05, 4.69) is 5.32 Å². The highest BCUT2D eigenvalue weighted by Gasteiger charge is 2.24. The molecule has 1 aliphatic heterocycles. The van der Waals surface area contributed by atoms with E-state index in [1.54, 1.807) is 25.2 Å². The molecule has 1 heterocycles. The standard InChI is InChI=1S/C20H23N3O4/c1-14(16-5-3-4-6-17(16)20(24)21-2)15-7-8-18(19(13-15)23(25)26)22-9-11-27-12-10-22/h3-8,13-14H,9-12H2,1-2H3,(H,21,24). The largest absolute Gasteiger partial charge is 0.378 e. The number of nitro groups is 1. The van der Waals surface area contributed by atoms with Crippen LogP contribution in [0.15, 0.2) is 42.5 Å². The first kappa shape index (κ1) is 18.8. The summed E-state index contributed by atoms with van der Waals surface area (Å²) in [5, 5.41) is 14.3. The molecule has 1 fully saturated rings. The van der Waals surface area contributed by atoms with E-state index in [0.29, 0.717) is 37.6 Å². The van der Waals surface area contributed by atoms with Crippen LogP contribution in [0.5, 0.6) is 0 Å². The van der Waals surface area contributed by atoms with Crippen LogP contribution < -0.4 is 10.2 Å². The van der Waals surface area contributed by atoms with E-state index >= 15 is 0 Å². The van der Waals surface area contributed by atoms with Crippen molar-refractivity contribution in [3.05, 3.63) is 69.3 Å². The summed E-state index contributed by atoms with van der Waals surface area (Å²) in [6.45, 7) is 4.35. The minimum atomic E-state index is -0.342. The topological polar surface area (TPSA) is 84.7 Å². The van der Waals surface area contributed by atoms with Gasteiger partial charge in [-0.15, -0.1) is 0 Å². The van der Waals surface area contributed by atoms with Crippen molar-refractivity contribution in [3.8, 4) is 0 Å². The quantitative estimate of drug-likeness (QED) is 0.647. The maximum atomic E-state index is 12.2. The summed E-state index contributed by atoms with van der Waals surface area (Å²) in [4.78, 5) is 25.5. The molecule has 1 N–H and O–H groups in total. The summed E-state index contributed by atoms with van der Waals surface area (Å²) in [6, 6.07) is 12.7. The molecule has 0 aromatic heterocycles. The highest BCUT2D eigenvalue weighted by atomic mass is 16.6. The average molecular weight is 369 g/mol. The third kappa shape index (κ3) is 3.93. The molecule has 7 nitrogen and oxygen atoms in total. The third-order valence-corrected chi connectivity index (χ3v) is 4.95. The minimum Gasteiger partial charge on any atom is -0.378 e. The average Bonchev–Trinajstić information content (AvgIpc) is 2.72. The number of nitrogens with one attached hydrogen (secondary N) is 1. The number of nitrogens with zero attached hydrogens (tertiary/aromatic N) is 2. The number of anilines is 1. The molecule has 1 unspecified atom stereocenters. The van der Waals surface area contributed by atoms with Gasteiger partial charge in [0, 0.05) is 37.7 Å². The van der Waals surface area contributed by atoms with Crippen LogP contribution in [-0.4, -0.2) is 44.2 Å². The Hall–Kier alpha value is -2.93. The summed E-state index contributed by atoms with van der Waals surface area (Å²) < 4.78 is 5.34. The fourth-order valence-electron chi connectivity index (χ4n) is 3.42. The van der Waals surface area contributed by atoms with Gasteiger partial charge in [-0.2, -0.15) is 0 Å². The van der Waals surface area contributed by atoms with Gasteiger partial charge in [0.1, 0.15) is 5.69 Å². The summed E-state index contributed by atoms with van der Waals surface area (Å²) in [5.74, 6) is -0.326. The van der Waals surface area contributed by atoms with Gasteiger partial charge in [0.2, 0.25) is 0 Å². The lowest BCUT2D eigenvalue weighted by atomic mass is 9.89. The van der Waals surface area contributed by atoms with Crippen LogP contribution in [-0.2, 0) is 4.74 Å². The monoisotopic (exact) mass is 369 g/mol. The maximum Gasteiger partial charge on any atom is 0.292 e. The van der Waals surface area contributed by atoms with Gasteiger partial charge in [-0.1, -0.05) is 31.2 Å². The number of benzene rings is 2. The lowest BCUT2D eigenvalue weighted by molar-refractivity contribution is -0.384. The van der Waals surface area contributed by atoms with Crippen LogP contribution in [0.4, 0.5) is 11.4 Å². The van der Waals surface area contributed by atoms with Crippen molar-refractivity contribution < 1.29 is 14.5 Å². The SMILES string of the molecule is CNC(=O)c1ccccc1C(C)c1ccc(N2CCOCC2)c([N+](=O)[O-])c1. The zero-order chi connectivity index (χ0) is 19.4. The van der Waals surface area contributed by atoms with Crippen LogP contribution in [0, 0.1) is 10.1 Å². The van der Waals surface area contributed by atoms with Gasteiger partial charge in [-0.05, 0) is 23.3 Å². The Bertz CT molecular complexity index is 847. The Kier molecular flexibility index (Phi) is 5.71. The molecule has 0 spiro atoms. The molecule has 2 aromatic carbocycles. The van der Waals surface area contributed by atoms with Crippen molar-refractivity contribution in [3.63, 3.8) is 0 Å². The number of carbonyl (C=O) groups excluding carboxylic acids is 1. The Morgan fingerprint density at radius 2 is 1.93 bits per heavy atom. The van der Waals surface area contributed by atoms with Gasteiger partial charge in [-0.3, -0.25) is 14.9 Å². The number of hydrogen-bond donors (Lipinski definition) is 1. The minimum absolute atomic E-state index is 0.0821. The Labute approximate surface area is 158 Å². The summed E-state index contributed by atoms with van der Waals surface area (Å²) in [6.07, 6.45) is 0. The van der Waals surface area contributed by atoms with Gasteiger partial charge in [0.05, 0.1) is 18.1 Å². The van der Waals surface area contributed by atoms with Crippen molar-refractivity contribution >= 4 is 17.3 Å². The van der Waals surface area contributed by atoms with Crippen LogP contribution in [0.25, 0.3) is 0 Å². The number of rotatable bonds is 5. The highest BCUT2D eigenvalue weighted by Crippen LogP contribution is 2.35. The van der Waals surface area contributed by atoms with Crippen molar-refractivity contribution in [1.29, 1.82) is 0 Å². The smallest absolute Gasteiger partial charge is 0.292 e. The Balaban J connectivity index is 1.99. The van der Waals surface area contributed by atoms with Gasteiger partial charge < -0.3 is 15.0 Å². The molecular formula is C20H23N3O4. The second kappa shape index (κ2) is 8.18. The van der Waals surface area contributed by atoms with E-state index < -0.39 is 0 Å². The van der Waals surface area contributed by atoms with Crippen molar-refractivity contribution in [2.75, 3.05) is 38.3 Å². The molecule has 2 aromatic rings. The zero-order valence-corrected chi connectivity index (χ0v) is 15.5. The van der Waals surface area contributed by atoms with E-state index in [0.717, 1.165) is 11.1 Å². The van der Waals surface area contributed by atoms with E-state index in [1.807, 2.05) is 36.1 Å². The second-order valence-corrected chi connectivity index (χ2v) is 6.49. The molecule has 7 heteroatoms. The molecule has 0 aliphatic carbocycles. The molecule has 3 rings (SSSR count). The molecule has 27 heavy (non-hydrogen) atoms. The van der Waals surface area contributed by atoms with E-state index in [-0.39, 0.29) is 22.4 Å². The fraction of sp³-hybridized carbons (Fsp3) is 0.350. The second-order valence-electron chi connectivity index (χ2n) is 6.49. The van der Waals surface area contributed by atoms with Crippen LogP contribution in [0.3, 0.4) is 0 Å². The molecule has 1 aliphatic rings. The predicted octanol–water partition coefficient (Wildman–Crippen LogP) is 2.94. The van der Waals surface area contributed by atoms with Crippen LogP contribution in [0.1, 0.15) is 34.3 Å². The number of nitro benzene ring substituents is 1. The first-order valence-corrected chi connectivity index (χ1v) is 8.95. The van der Waals surface area contributed by atoms with Gasteiger partial charge in [0.25, 0.3) is 11.6 Å². The lowest BCUT2D eigenvalue weighted by Gasteiger charge is -2.28. The maximum absolute atomic E-state index is 12.2. The Morgan fingerprint density at radius 3 is 2.59 bits per heavy atom. The van der Waals surface area contributed by atoms with Crippen molar-refractivity contribution in [2.24, 2.45) is 0 Å². The lowest BCUT2D eigenvalue weighted by Crippen LogP contribution is -2.36. The zero-order valence-electron chi connectivity index (χ0n) is 15.5. The van der Waals surface area contributed by atoms with E-state index in [9.17, 15) is 14.9 Å². The molecule has 1 saturated heterocycles. The molecule has 0 bridgehead atoms. The molecule has 0 saturated carbocycles. The third-order valence-electron chi connectivity index (χ3n) is 4.95. The van der Waals surface area contributed by atoms with Gasteiger partial charge in [0.15, 0.2) is 0 Å². The number of ether oxygens (including phenoxy) is 1. The Morgan fingerprint density at radius 1 is 1.22 bits per heavy atom. The van der Waals surface area contributed by atoms with Crippen molar-refractivity contribution in [2.45, 2.75) is 12.8 Å². The van der Waals surface area contributed by atoms with Crippen LogP contribution in [0.2, 0.25) is 0 Å². The van der Waals surface area contributed by atoms with Crippen molar-refractivity contribution in [1.82, 2.24) is 5.32 Å². The molecule has 1 atom stereocenters. The highest BCUT2D eigenvalue weighted by molar-refractivity contribution is 5.95. The fourth-order valence-corrected chi connectivity index (χ4v) is 3.42. The number of hydrogen-bond acceptors (Lipinski definition) is 5. The first-order chi connectivity index (χ1) is 13.0. The molecule has 0 radical (unpaired) electrons. The number of carbonyl (C=O) groups is 1. The van der Waals surface area contributed by atoms with Crippen LogP contribution >= 0.6 is 0 Å². The summed E-state index contributed by atoms with van der Waals surface area (Å²) in [5.41, 5.74) is 2.91. The van der Waals surface area contributed by atoms with E-state index in [1.165, 1.54) is 0 Å². The van der Waals surface area contributed by atoms with Gasteiger partial charge in [-0.25, -0.2) is 0 Å².